The monoisotopic (exact) mass is 1430 g/mol. The van der Waals surface area contributed by atoms with E-state index in [9.17, 15) is 33.6 Å². The zero-order valence-electron chi connectivity index (χ0n) is 58.8. The van der Waals surface area contributed by atoms with Gasteiger partial charge in [-0.3, -0.25) is 54.1 Å². The maximum atomic E-state index is 13.0. The first-order chi connectivity index (χ1) is 51.0. The van der Waals surface area contributed by atoms with Gasteiger partial charge in [-0.1, -0.05) is 147 Å². The van der Waals surface area contributed by atoms with E-state index in [4.69, 9.17) is 4.84 Å². The van der Waals surface area contributed by atoms with Crippen LogP contribution in [0.2, 0.25) is 0 Å². The Morgan fingerprint density at radius 2 is 0.876 bits per heavy atom. The van der Waals surface area contributed by atoms with Crippen molar-refractivity contribution in [1.82, 2.24) is 29.5 Å². The van der Waals surface area contributed by atoms with Gasteiger partial charge in [-0.2, -0.15) is 10.2 Å². The number of hydrogen-bond acceptors (Lipinski definition) is 15. The second-order valence-electron chi connectivity index (χ2n) is 24.1. The molecule has 524 valence electrons. The lowest BCUT2D eigenvalue weighted by Gasteiger charge is -2.12. The number of para-hydroxylation sites is 2. The molecule has 0 saturated heterocycles. The SMILES string of the molecule is CC.CC.Cc1ccc(-n2[nH]c(C)c(N=Nc3ccc(CONc4ccc(NC(=O)c5ccc(N=Nc6c(C)[nH]n(-c7ccc(C)cc7)c6=O)cc5)cc4C)cc3)c2=O)cc1.O=C1/C(=C2\Sc3ccccc3C2=O)Sc2ccccc21.O=c1c2ccccc2[nH]c2cc3c(=O)c4ccccc4[nH]c3cc12. The number of benzene rings is 10. The number of pyridine rings is 2. The van der Waals surface area contributed by atoms with Crippen LogP contribution in [0.5, 0.6) is 0 Å². The van der Waals surface area contributed by atoms with Crippen LogP contribution in [0.4, 0.5) is 34.1 Å². The van der Waals surface area contributed by atoms with Crippen molar-refractivity contribution in [1.29, 1.82) is 0 Å². The van der Waals surface area contributed by atoms with Crippen LogP contribution in [0.3, 0.4) is 0 Å². The molecule has 105 heavy (non-hydrogen) atoms. The number of aromatic nitrogens is 6. The summed E-state index contributed by atoms with van der Waals surface area (Å²) >= 11 is 2.81. The minimum absolute atomic E-state index is 0.0322. The first-order valence-electron chi connectivity index (χ1n) is 34.0. The Kier molecular flexibility index (Phi) is 22.1. The fourth-order valence-electron chi connectivity index (χ4n) is 11.6. The third-order valence-electron chi connectivity index (χ3n) is 17.0. The third kappa shape index (κ3) is 15.6. The summed E-state index contributed by atoms with van der Waals surface area (Å²) in [6, 6.07) is 68.0. The molecule has 0 spiro atoms. The van der Waals surface area contributed by atoms with Crippen LogP contribution in [0.25, 0.3) is 55.0 Å². The second kappa shape index (κ2) is 32.1. The molecule has 0 bridgehead atoms. The molecule has 16 rings (SSSR count). The Morgan fingerprint density at radius 3 is 1.32 bits per heavy atom. The molecular formula is C83H72N12O8S2. The molecule has 6 heterocycles. The predicted octanol–water partition coefficient (Wildman–Crippen LogP) is 19.7. The van der Waals surface area contributed by atoms with Crippen LogP contribution in [-0.2, 0) is 11.4 Å². The van der Waals surface area contributed by atoms with Crippen molar-refractivity contribution in [2.75, 3.05) is 10.8 Å². The lowest BCUT2D eigenvalue weighted by Crippen LogP contribution is -2.13. The van der Waals surface area contributed by atoms with Gasteiger partial charge in [-0.15, -0.1) is 10.2 Å². The van der Waals surface area contributed by atoms with Gasteiger partial charge in [-0.25, -0.2) is 9.36 Å². The molecular weight excluding hydrogens is 1360 g/mol. The number of aromatic amines is 4. The zero-order valence-corrected chi connectivity index (χ0v) is 60.5. The van der Waals surface area contributed by atoms with Crippen LogP contribution in [0, 0.1) is 34.6 Å². The molecule has 0 aliphatic carbocycles. The Bertz CT molecular complexity index is 5830. The molecule has 0 fully saturated rings. The Labute approximate surface area is 611 Å². The predicted molar refractivity (Wildman–Crippen MR) is 421 cm³/mol. The van der Waals surface area contributed by atoms with Crippen molar-refractivity contribution in [3.05, 3.63) is 326 Å². The molecule has 10 aromatic carbocycles. The van der Waals surface area contributed by atoms with Gasteiger partial charge in [0.25, 0.3) is 17.0 Å². The maximum Gasteiger partial charge on any atom is 0.299 e. The number of azo groups is 2. The number of nitrogens with zero attached hydrogens (tertiary/aromatic N) is 6. The van der Waals surface area contributed by atoms with E-state index in [0.717, 1.165) is 54.5 Å². The van der Waals surface area contributed by atoms with Crippen LogP contribution >= 0.6 is 23.5 Å². The Morgan fingerprint density at radius 1 is 0.448 bits per heavy atom. The Hall–Kier alpha value is -12.6. The second-order valence-corrected chi connectivity index (χ2v) is 26.2. The minimum atomic E-state index is -0.303. The third-order valence-corrected chi connectivity index (χ3v) is 19.5. The highest BCUT2D eigenvalue weighted by Gasteiger charge is 2.36. The summed E-state index contributed by atoms with van der Waals surface area (Å²) in [6.07, 6.45) is 0. The van der Waals surface area contributed by atoms with Crippen LogP contribution < -0.4 is 32.8 Å². The van der Waals surface area contributed by atoms with E-state index in [1.165, 1.54) is 32.9 Å². The molecule has 6 N–H and O–H groups in total. The summed E-state index contributed by atoms with van der Waals surface area (Å²) in [5.74, 6) is -0.355. The fourth-order valence-corrected chi connectivity index (χ4v) is 13.9. The normalized spacial score (nSPS) is 12.8. The number of Topliss-reactive ketones (excluding diaryl/α,β-unsaturated/α-hetero) is 2. The van der Waals surface area contributed by atoms with Crippen LogP contribution in [-0.4, -0.2) is 47.0 Å². The van der Waals surface area contributed by atoms with Crippen LogP contribution in [0.1, 0.15) is 92.4 Å². The van der Waals surface area contributed by atoms with Gasteiger partial charge in [0.1, 0.15) is 0 Å². The van der Waals surface area contributed by atoms with E-state index < -0.39 is 0 Å². The average Bonchev–Trinajstić information content (AvgIpc) is 1.59. The number of anilines is 2. The molecule has 1 amide bonds. The van der Waals surface area contributed by atoms with Gasteiger partial charge >= 0.3 is 0 Å². The largest absolute Gasteiger partial charge is 0.354 e. The molecule has 0 saturated carbocycles. The van der Waals surface area contributed by atoms with Crippen molar-refractivity contribution in [3.63, 3.8) is 0 Å². The number of allylic oxidation sites excluding steroid dienone is 2. The summed E-state index contributed by atoms with van der Waals surface area (Å²) in [6.45, 7) is 17.7. The zero-order chi connectivity index (χ0) is 74.0. The topological polar surface area (TPSA) is 275 Å². The number of aryl methyl sites for hydroxylation is 5. The number of thioether (sulfide) groups is 2. The number of nitrogens with one attached hydrogen (secondary N) is 6. The number of ketones is 2. The first kappa shape index (κ1) is 72.2. The molecule has 4 aromatic heterocycles. The smallest absolute Gasteiger partial charge is 0.299 e. The molecule has 22 heteroatoms. The number of hydrogen-bond donors (Lipinski definition) is 6. The molecule has 0 radical (unpaired) electrons. The number of amides is 1. The number of carbonyl (C=O) groups excluding carboxylic acids is 3. The van der Waals surface area contributed by atoms with Crippen molar-refractivity contribution in [3.8, 4) is 11.4 Å². The highest BCUT2D eigenvalue weighted by atomic mass is 32.2. The lowest BCUT2D eigenvalue weighted by molar-refractivity contribution is 0.101. The molecule has 0 unspecified atom stereocenters. The highest BCUT2D eigenvalue weighted by Crippen LogP contribution is 2.49. The maximum absolute atomic E-state index is 13.0. The van der Waals surface area contributed by atoms with Gasteiger partial charge in [0.2, 0.25) is 11.6 Å². The summed E-state index contributed by atoms with van der Waals surface area (Å²) in [5, 5.41) is 28.4. The average molecular weight is 1430 g/mol. The van der Waals surface area contributed by atoms with E-state index in [1.807, 2.05) is 206 Å². The van der Waals surface area contributed by atoms with Crippen LogP contribution in [0.15, 0.2) is 284 Å². The van der Waals surface area contributed by atoms with Gasteiger partial charge in [0, 0.05) is 64.7 Å². The standard InChI is InChI=1S/C43H40N10O4.C20H12N2O2.C16H8O2S2.2C2H6/c1-26-6-19-36(20-7-26)52-42(55)39(29(4)49-52)47-45-33-14-10-31(11-15-33)25-57-51-38-23-18-35(24-28(38)3)44-41(54)32-12-16-34(17-13-32)46-48-40-30(5)50-53(43(40)56)37-21-8-27(2)9-22-37;23-19-11-5-1-3-7-15(11)21-17-10-14-18(9-13(17)19)22-16-8-4-2-6-12(16)20(14)24;17-13-9-5-1-3-7-11(9)19-15(13)16-14(18)10-6-2-4-8-12(10)20-16;2*1-2/h6-24,49-51H,25H2,1-5H3,(H,44,54);1-10H,(H,21,23)(H,22,24);1-8H;2*1-2H3/b;;16-15+;;. The summed E-state index contributed by atoms with van der Waals surface area (Å²) in [4.78, 5) is 105. The lowest BCUT2D eigenvalue weighted by atomic mass is 10.1. The summed E-state index contributed by atoms with van der Waals surface area (Å²) in [5.41, 5.74) is 16.6. The number of H-pyrrole nitrogens is 4. The first-order valence-corrected chi connectivity index (χ1v) is 35.6. The highest BCUT2D eigenvalue weighted by molar-refractivity contribution is 8.08. The van der Waals surface area contributed by atoms with E-state index in [2.05, 4.69) is 51.4 Å². The molecule has 0 atom stereocenters. The summed E-state index contributed by atoms with van der Waals surface area (Å²) < 4.78 is 2.89. The van der Waals surface area contributed by atoms with Crippen molar-refractivity contribution < 1.29 is 19.2 Å². The van der Waals surface area contributed by atoms with Crippen molar-refractivity contribution in [2.45, 2.75) is 78.7 Å². The molecule has 2 aliphatic heterocycles. The van der Waals surface area contributed by atoms with Gasteiger partial charge in [0.15, 0.2) is 22.2 Å². The Balaban J connectivity index is 0.000000174. The fraction of sp³-hybridized carbons (Fsp3) is 0.120. The van der Waals surface area contributed by atoms with E-state index in [0.29, 0.717) is 93.2 Å². The summed E-state index contributed by atoms with van der Waals surface area (Å²) in [7, 11) is 0. The number of fused-ring (bicyclic) bond motifs is 6. The molecule has 20 nitrogen and oxygen atoms in total. The number of rotatable bonds is 12. The minimum Gasteiger partial charge on any atom is -0.354 e. The van der Waals surface area contributed by atoms with E-state index in [-0.39, 0.29) is 57.4 Å². The molecule has 2 aliphatic rings. The van der Waals surface area contributed by atoms with E-state index in [1.54, 1.807) is 80.6 Å². The van der Waals surface area contributed by atoms with Gasteiger partial charge < -0.3 is 15.3 Å². The molecule has 14 aromatic rings. The number of carbonyl (C=O) groups is 3. The van der Waals surface area contributed by atoms with Gasteiger partial charge in [0.05, 0.1) is 67.3 Å². The van der Waals surface area contributed by atoms with Gasteiger partial charge in [-0.05, 0) is 185 Å². The van der Waals surface area contributed by atoms with Crippen molar-refractivity contribution >= 4 is 119 Å². The van der Waals surface area contributed by atoms with Crippen molar-refractivity contribution in [2.24, 2.45) is 20.5 Å². The van der Waals surface area contributed by atoms with E-state index >= 15 is 0 Å². The quantitative estimate of drug-likeness (QED) is 0.0290.